The second kappa shape index (κ2) is 4.96. The van der Waals surface area contributed by atoms with E-state index in [4.69, 9.17) is 0 Å². The van der Waals surface area contributed by atoms with E-state index < -0.39 is 0 Å². The third-order valence-electron chi connectivity index (χ3n) is 4.49. The fourth-order valence-corrected chi connectivity index (χ4v) is 2.85. The van der Waals surface area contributed by atoms with Gasteiger partial charge in [-0.3, -0.25) is 9.48 Å². The van der Waals surface area contributed by atoms with Crippen molar-refractivity contribution in [1.29, 1.82) is 0 Å². The Balaban J connectivity index is 2.25. The summed E-state index contributed by atoms with van der Waals surface area (Å²) in [5, 5.41) is 10.8. The van der Waals surface area contributed by atoms with E-state index in [1.807, 2.05) is 20.9 Å². The van der Waals surface area contributed by atoms with Crippen LogP contribution in [0.15, 0.2) is 0 Å². The van der Waals surface area contributed by atoms with Crippen molar-refractivity contribution in [2.75, 3.05) is 18.4 Å². The van der Waals surface area contributed by atoms with E-state index in [-0.39, 0.29) is 11.3 Å². The summed E-state index contributed by atoms with van der Waals surface area (Å²) in [5.74, 6) is 0.437. The van der Waals surface area contributed by atoms with Gasteiger partial charge < -0.3 is 10.6 Å². The van der Waals surface area contributed by atoms with Crippen LogP contribution in [0, 0.1) is 25.2 Å². The summed E-state index contributed by atoms with van der Waals surface area (Å²) < 4.78 is 1.81. The molecule has 1 saturated heterocycles. The first-order chi connectivity index (χ1) is 8.88. The summed E-state index contributed by atoms with van der Waals surface area (Å²) in [5.41, 5.74) is 2.43. The third-order valence-corrected chi connectivity index (χ3v) is 4.49. The first kappa shape index (κ1) is 14.1. The van der Waals surface area contributed by atoms with Crippen LogP contribution in [0.5, 0.6) is 0 Å². The van der Waals surface area contributed by atoms with Crippen molar-refractivity contribution in [1.82, 2.24) is 15.1 Å². The van der Waals surface area contributed by atoms with E-state index in [0.29, 0.717) is 5.92 Å². The first-order valence-corrected chi connectivity index (χ1v) is 6.91. The quantitative estimate of drug-likeness (QED) is 0.872. The molecular formula is C14H24N4O. The number of nitrogens with zero attached hydrogens (tertiary/aromatic N) is 2. The number of aryl methyl sites for hydroxylation is 2. The van der Waals surface area contributed by atoms with Crippen LogP contribution in [0.4, 0.5) is 5.69 Å². The molecule has 19 heavy (non-hydrogen) atoms. The Morgan fingerprint density at radius 2 is 2.16 bits per heavy atom. The molecule has 1 amide bonds. The minimum Gasteiger partial charge on any atom is -0.322 e. The Morgan fingerprint density at radius 1 is 1.47 bits per heavy atom. The molecule has 5 heteroatoms. The minimum atomic E-state index is -0.297. The Morgan fingerprint density at radius 3 is 2.58 bits per heavy atom. The lowest BCUT2D eigenvalue weighted by molar-refractivity contribution is -0.126. The maximum atomic E-state index is 12.7. The van der Waals surface area contributed by atoms with E-state index >= 15 is 0 Å². The van der Waals surface area contributed by atoms with Gasteiger partial charge in [0, 0.05) is 13.6 Å². The molecule has 1 unspecified atom stereocenters. The zero-order chi connectivity index (χ0) is 14.2. The lowest BCUT2D eigenvalue weighted by Gasteiger charge is -2.31. The molecule has 0 saturated carbocycles. The Hall–Kier alpha value is -1.36. The molecule has 1 aliphatic heterocycles. The fraction of sp³-hybridized carbons (Fsp3) is 0.714. The Bertz CT molecular complexity index is 484. The molecule has 2 heterocycles. The number of amides is 1. The van der Waals surface area contributed by atoms with Gasteiger partial charge in [-0.2, -0.15) is 5.10 Å². The number of hydrogen-bond acceptors (Lipinski definition) is 3. The second-order valence-electron chi connectivity index (χ2n) is 5.86. The van der Waals surface area contributed by atoms with Gasteiger partial charge in [0.05, 0.1) is 22.5 Å². The largest absolute Gasteiger partial charge is 0.322 e. The van der Waals surface area contributed by atoms with E-state index in [1.165, 1.54) is 0 Å². The monoisotopic (exact) mass is 264 g/mol. The number of anilines is 1. The summed E-state index contributed by atoms with van der Waals surface area (Å²) >= 11 is 0. The van der Waals surface area contributed by atoms with Gasteiger partial charge in [-0.05, 0) is 32.7 Å². The maximum Gasteiger partial charge on any atom is 0.232 e. The van der Waals surface area contributed by atoms with E-state index in [2.05, 4.69) is 29.6 Å². The predicted octanol–water partition coefficient (Wildman–Crippen LogP) is 1.61. The van der Waals surface area contributed by atoms with Crippen LogP contribution < -0.4 is 10.6 Å². The van der Waals surface area contributed by atoms with Gasteiger partial charge in [-0.15, -0.1) is 0 Å². The molecule has 2 N–H and O–H groups in total. The minimum absolute atomic E-state index is 0.117. The van der Waals surface area contributed by atoms with Gasteiger partial charge in [0.15, 0.2) is 0 Å². The molecule has 0 aromatic carbocycles. The number of aromatic nitrogens is 2. The molecule has 1 aromatic rings. The molecule has 1 aliphatic rings. The summed E-state index contributed by atoms with van der Waals surface area (Å²) in [4.78, 5) is 12.7. The van der Waals surface area contributed by atoms with Crippen molar-refractivity contribution >= 4 is 11.6 Å². The molecular weight excluding hydrogens is 240 g/mol. The fourth-order valence-electron chi connectivity index (χ4n) is 2.85. The molecule has 1 fully saturated rings. The van der Waals surface area contributed by atoms with E-state index in [0.717, 1.165) is 36.6 Å². The topological polar surface area (TPSA) is 59.0 Å². The van der Waals surface area contributed by atoms with E-state index in [1.54, 1.807) is 4.68 Å². The molecule has 106 valence electrons. The highest BCUT2D eigenvalue weighted by molar-refractivity contribution is 5.96. The highest BCUT2D eigenvalue weighted by Crippen LogP contribution is 2.36. The predicted molar refractivity (Wildman–Crippen MR) is 76.1 cm³/mol. The number of rotatable bonds is 3. The SMILES string of the molecule is Cc1nn(C)c(C)c1NC(=O)C1(C(C)C)CCNC1. The van der Waals surface area contributed by atoms with Crippen LogP contribution >= 0.6 is 0 Å². The maximum absolute atomic E-state index is 12.7. The summed E-state index contributed by atoms with van der Waals surface area (Å²) in [7, 11) is 1.90. The standard InChI is InChI=1S/C14H24N4O/c1-9(2)14(6-7-15-8-14)13(19)16-12-10(3)17-18(5)11(12)4/h9,15H,6-8H2,1-5H3,(H,16,19). The van der Waals surface area contributed by atoms with Crippen molar-refractivity contribution in [2.24, 2.45) is 18.4 Å². The van der Waals surface area contributed by atoms with Crippen molar-refractivity contribution in [2.45, 2.75) is 34.1 Å². The lowest BCUT2D eigenvalue weighted by Crippen LogP contribution is -2.42. The molecule has 5 nitrogen and oxygen atoms in total. The van der Waals surface area contributed by atoms with Gasteiger partial charge in [-0.25, -0.2) is 0 Å². The average molecular weight is 264 g/mol. The summed E-state index contributed by atoms with van der Waals surface area (Å²) in [6.07, 6.45) is 0.898. The van der Waals surface area contributed by atoms with Gasteiger partial charge in [0.2, 0.25) is 5.91 Å². The van der Waals surface area contributed by atoms with Crippen LogP contribution in [-0.2, 0) is 11.8 Å². The average Bonchev–Trinajstić information content (AvgIpc) is 2.92. The van der Waals surface area contributed by atoms with Gasteiger partial charge in [0.1, 0.15) is 0 Å². The molecule has 2 rings (SSSR count). The molecule has 0 bridgehead atoms. The molecule has 0 radical (unpaired) electrons. The van der Waals surface area contributed by atoms with Crippen LogP contribution in [0.2, 0.25) is 0 Å². The number of hydrogen-bond donors (Lipinski definition) is 2. The van der Waals surface area contributed by atoms with E-state index in [9.17, 15) is 4.79 Å². The molecule has 1 aromatic heterocycles. The smallest absolute Gasteiger partial charge is 0.232 e. The second-order valence-corrected chi connectivity index (χ2v) is 5.86. The normalized spacial score (nSPS) is 23.1. The van der Waals surface area contributed by atoms with Crippen molar-refractivity contribution in [3.63, 3.8) is 0 Å². The third kappa shape index (κ3) is 2.27. The Labute approximate surface area is 114 Å². The van der Waals surface area contributed by atoms with Gasteiger partial charge >= 0.3 is 0 Å². The molecule has 0 spiro atoms. The molecule has 0 aliphatic carbocycles. The van der Waals surface area contributed by atoms with Crippen LogP contribution in [-0.4, -0.2) is 28.8 Å². The van der Waals surface area contributed by atoms with Crippen molar-refractivity contribution in [3.8, 4) is 0 Å². The molecule has 1 atom stereocenters. The van der Waals surface area contributed by atoms with Crippen LogP contribution in [0.3, 0.4) is 0 Å². The highest BCUT2D eigenvalue weighted by atomic mass is 16.2. The zero-order valence-electron chi connectivity index (χ0n) is 12.5. The summed E-state index contributed by atoms with van der Waals surface area (Å²) in [6, 6.07) is 0. The van der Waals surface area contributed by atoms with Gasteiger partial charge in [-0.1, -0.05) is 13.8 Å². The lowest BCUT2D eigenvalue weighted by atomic mass is 9.75. The van der Waals surface area contributed by atoms with Gasteiger partial charge in [0.25, 0.3) is 0 Å². The van der Waals surface area contributed by atoms with Crippen LogP contribution in [0.25, 0.3) is 0 Å². The van der Waals surface area contributed by atoms with Crippen molar-refractivity contribution < 1.29 is 4.79 Å². The van der Waals surface area contributed by atoms with Crippen molar-refractivity contribution in [3.05, 3.63) is 11.4 Å². The Kier molecular flexibility index (Phi) is 3.67. The summed E-state index contributed by atoms with van der Waals surface area (Å²) in [6.45, 7) is 9.82. The number of carbonyl (C=O) groups is 1. The highest BCUT2D eigenvalue weighted by Gasteiger charge is 2.44. The van der Waals surface area contributed by atoms with Crippen LogP contribution in [0.1, 0.15) is 31.7 Å². The number of carbonyl (C=O) groups excluding carboxylic acids is 1. The zero-order valence-corrected chi connectivity index (χ0v) is 12.5. The number of nitrogens with one attached hydrogen (secondary N) is 2. The first-order valence-electron chi connectivity index (χ1n) is 6.91.